The molecular weight excluding hydrogens is 203 g/mol. The van der Waals surface area contributed by atoms with Crippen molar-refractivity contribution in [3.63, 3.8) is 0 Å². The summed E-state index contributed by atoms with van der Waals surface area (Å²) in [7, 11) is 0. The van der Waals surface area contributed by atoms with Gasteiger partial charge in [0.25, 0.3) is 0 Å². The minimum absolute atomic E-state index is 0.0878. The minimum Gasteiger partial charge on any atom is -0.328 e. The first-order valence-electron chi connectivity index (χ1n) is 5.37. The van der Waals surface area contributed by atoms with Crippen molar-refractivity contribution in [3.8, 4) is 0 Å². The number of aryl methyl sites for hydroxylation is 1. The minimum atomic E-state index is -0.225. The summed E-state index contributed by atoms with van der Waals surface area (Å²) in [4.78, 5) is 4.47. The van der Waals surface area contributed by atoms with Crippen LogP contribution in [0.15, 0.2) is 24.3 Å². The number of nitrogens with zero attached hydrogens (tertiary/aromatic N) is 1. The van der Waals surface area contributed by atoms with Crippen LogP contribution in [0.1, 0.15) is 18.2 Å². The lowest BCUT2D eigenvalue weighted by atomic mass is 10.1. The molecule has 84 valence electrons. The topological polar surface area (TPSA) is 38.9 Å². The Balaban J connectivity index is 2.55. The van der Waals surface area contributed by atoms with E-state index in [0.29, 0.717) is 0 Å². The molecule has 0 aliphatic heterocycles. The summed E-state index contributed by atoms with van der Waals surface area (Å²) in [5.74, 6) is -0.225. The second kappa shape index (κ2) is 4.18. The SMILES string of the molecule is Cc1cc(CC(C)N)nc2ccc(F)cc12. The van der Waals surface area contributed by atoms with Crippen LogP contribution in [0.2, 0.25) is 0 Å². The summed E-state index contributed by atoms with van der Waals surface area (Å²) < 4.78 is 13.1. The van der Waals surface area contributed by atoms with Gasteiger partial charge in [-0.1, -0.05) is 0 Å². The Hall–Kier alpha value is -1.48. The highest BCUT2D eigenvalue weighted by Gasteiger charge is 2.05. The van der Waals surface area contributed by atoms with Crippen molar-refractivity contribution in [2.24, 2.45) is 5.73 Å². The normalized spacial score (nSPS) is 13.0. The Morgan fingerprint density at radius 1 is 1.38 bits per heavy atom. The van der Waals surface area contributed by atoms with E-state index in [1.165, 1.54) is 12.1 Å². The third-order valence-corrected chi connectivity index (χ3v) is 2.56. The zero-order chi connectivity index (χ0) is 11.7. The van der Waals surface area contributed by atoms with Crippen LogP contribution in [0, 0.1) is 12.7 Å². The molecule has 1 atom stereocenters. The smallest absolute Gasteiger partial charge is 0.123 e. The molecule has 2 nitrogen and oxygen atoms in total. The number of fused-ring (bicyclic) bond motifs is 1. The summed E-state index contributed by atoms with van der Waals surface area (Å²) in [6.07, 6.45) is 0.744. The predicted octanol–water partition coefficient (Wildman–Crippen LogP) is 2.57. The van der Waals surface area contributed by atoms with Gasteiger partial charge in [0, 0.05) is 23.5 Å². The lowest BCUT2D eigenvalue weighted by Crippen LogP contribution is -2.18. The van der Waals surface area contributed by atoms with Gasteiger partial charge in [0.2, 0.25) is 0 Å². The standard InChI is InChI=1S/C13H15FN2/c1-8-5-11(6-9(2)15)16-13-4-3-10(14)7-12(8)13/h3-5,7,9H,6,15H2,1-2H3. The van der Waals surface area contributed by atoms with Crippen LogP contribution in [0.4, 0.5) is 4.39 Å². The van der Waals surface area contributed by atoms with Gasteiger partial charge in [-0.3, -0.25) is 4.98 Å². The summed E-state index contributed by atoms with van der Waals surface area (Å²) in [6, 6.07) is 6.73. The second-order valence-corrected chi connectivity index (χ2v) is 4.27. The van der Waals surface area contributed by atoms with Crippen molar-refractivity contribution in [3.05, 3.63) is 41.3 Å². The quantitative estimate of drug-likeness (QED) is 0.841. The zero-order valence-electron chi connectivity index (χ0n) is 9.50. The van der Waals surface area contributed by atoms with E-state index in [2.05, 4.69) is 4.98 Å². The number of halogens is 1. The predicted molar refractivity (Wildman–Crippen MR) is 63.8 cm³/mol. The number of pyridine rings is 1. The Morgan fingerprint density at radius 3 is 2.81 bits per heavy atom. The van der Waals surface area contributed by atoms with E-state index in [1.54, 1.807) is 6.07 Å². The Kier molecular flexibility index (Phi) is 2.88. The molecule has 0 saturated carbocycles. The maximum Gasteiger partial charge on any atom is 0.123 e. The number of hydrogen-bond donors (Lipinski definition) is 1. The van der Waals surface area contributed by atoms with Gasteiger partial charge in [-0.2, -0.15) is 0 Å². The first-order chi connectivity index (χ1) is 7.56. The molecule has 1 unspecified atom stereocenters. The van der Waals surface area contributed by atoms with Crippen molar-refractivity contribution in [1.82, 2.24) is 4.98 Å². The molecule has 0 saturated heterocycles. The van der Waals surface area contributed by atoms with Gasteiger partial charge in [-0.05, 0) is 43.7 Å². The van der Waals surface area contributed by atoms with E-state index in [-0.39, 0.29) is 11.9 Å². The molecule has 0 bridgehead atoms. The van der Waals surface area contributed by atoms with E-state index < -0.39 is 0 Å². The van der Waals surface area contributed by atoms with Crippen LogP contribution < -0.4 is 5.73 Å². The van der Waals surface area contributed by atoms with E-state index in [4.69, 9.17) is 5.73 Å². The van der Waals surface area contributed by atoms with Crippen LogP contribution in [0.5, 0.6) is 0 Å². The molecule has 0 aliphatic rings. The highest BCUT2D eigenvalue weighted by Crippen LogP contribution is 2.19. The Bertz CT molecular complexity index is 521. The van der Waals surface area contributed by atoms with Crippen molar-refractivity contribution >= 4 is 10.9 Å². The van der Waals surface area contributed by atoms with Gasteiger partial charge < -0.3 is 5.73 Å². The number of hydrogen-bond acceptors (Lipinski definition) is 2. The van der Waals surface area contributed by atoms with Crippen LogP contribution >= 0.6 is 0 Å². The molecular formula is C13H15FN2. The van der Waals surface area contributed by atoms with Crippen LogP contribution in [0.3, 0.4) is 0 Å². The molecule has 2 rings (SSSR count). The van der Waals surface area contributed by atoms with Crippen molar-refractivity contribution in [1.29, 1.82) is 0 Å². The Morgan fingerprint density at radius 2 is 2.12 bits per heavy atom. The molecule has 0 spiro atoms. The maximum atomic E-state index is 13.1. The number of rotatable bonds is 2. The van der Waals surface area contributed by atoms with Crippen molar-refractivity contribution in [2.45, 2.75) is 26.3 Å². The molecule has 0 fully saturated rings. The molecule has 1 heterocycles. The summed E-state index contributed by atoms with van der Waals surface area (Å²) in [6.45, 7) is 3.92. The second-order valence-electron chi connectivity index (χ2n) is 4.27. The third-order valence-electron chi connectivity index (χ3n) is 2.56. The maximum absolute atomic E-state index is 13.1. The molecule has 1 aromatic heterocycles. The summed E-state index contributed by atoms with van der Waals surface area (Å²) >= 11 is 0. The zero-order valence-corrected chi connectivity index (χ0v) is 9.50. The molecule has 0 radical (unpaired) electrons. The highest BCUT2D eigenvalue weighted by atomic mass is 19.1. The lowest BCUT2D eigenvalue weighted by Gasteiger charge is -2.08. The highest BCUT2D eigenvalue weighted by molar-refractivity contribution is 5.82. The lowest BCUT2D eigenvalue weighted by molar-refractivity contribution is 0.629. The first kappa shape index (κ1) is 11.0. The number of benzene rings is 1. The average Bonchev–Trinajstić information content (AvgIpc) is 2.18. The molecule has 3 heteroatoms. The van der Waals surface area contributed by atoms with Crippen molar-refractivity contribution in [2.75, 3.05) is 0 Å². The summed E-state index contributed by atoms with van der Waals surface area (Å²) in [5, 5.41) is 0.869. The first-order valence-corrected chi connectivity index (χ1v) is 5.37. The van der Waals surface area contributed by atoms with Gasteiger partial charge in [-0.25, -0.2) is 4.39 Å². The van der Waals surface area contributed by atoms with Gasteiger partial charge in [0.15, 0.2) is 0 Å². The van der Waals surface area contributed by atoms with E-state index in [1.807, 2.05) is 19.9 Å². The Labute approximate surface area is 94.3 Å². The van der Waals surface area contributed by atoms with Crippen LogP contribution in [0.25, 0.3) is 10.9 Å². The van der Waals surface area contributed by atoms with Gasteiger partial charge in [0.05, 0.1) is 5.52 Å². The summed E-state index contributed by atoms with van der Waals surface area (Å²) in [5.41, 5.74) is 8.58. The van der Waals surface area contributed by atoms with Gasteiger partial charge in [0.1, 0.15) is 5.82 Å². The fraction of sp³-hybridized carbons (Fsp3) is 0.308. The van der Waals surface area contributed by atoms with E-state index >= 15 is 0 Å². The molecule has 2 aromatic rings. The van der Waals surface area contributed by atoms with E-state index in [0.717, 1.165) is 28.6 Å². The molecule has 16 heavy (non-hydrogen) atoms. The third kappa shape index (κ3) is 2.19. The van der Waals surface area contributed by atoms with Gasteiger partial charge >= 0.3 is 0 Å². The average molecular weight is 218 g/mol. The molecule has 1 aromatic carbocycles. The van der Waals surface area contributed by atoms with Crippen LogP contribution in [-0.4, -0.2) is 11.0 Å². The number of aromatic nitrogens is 1. The van der Waals surface area contributed by atoms with Crippen LogP contribution in [-0.2, 0) is 6.42 Å². The van der Waals surface area contributed by atoms with Gasteiger partial charge in [-0.15, -0.1) is 0 Å². The monoisotopic (exact) mass is 218 g/mol. The molecule has 2 N–H and O–H groups in total. The number of nitrogens with two attached hydrogens (primary N) is 1. The fourth-order valence-electron chi connectivity index (χ4n) is 1.87. The fourth-order valence-corrected chi connectivity index (χ4v) is 1.87. The largest absolute Gasteiger partial charge is 0.328 e. The van der Waals surface area contributed by atoms with E-state index in [9.17, 15) is 4.39 Å². The molecule has 0 aliphatic carbocycles. The van der Waals surface area contributed by atoms with Crippen molar-refractivity contribution < 1.29 is 4.39 Å². The molecule has 0 amide bonds.